The number of rotatable bonds is 5. The average Bonchev–Trinajstić information content (AvgIpc) is 2.04. The van der Waals surface area contributed by atoms with Gasteiger partial charge < -0.3 is 5.11 Å². The van der Waals surface area contributed by atoms with Gasteiger partial charge in [0.25, 0.3) is 0 Å². The molecule has 0 saturated carbocycles. The molecule has 0 bridgehead atoms. The van der Waals surface area contributed by atoms with Gasteiger partial charge >= 0.3 is 0 Å². The van der Waals surface area contributed by atoms with Crippen LogP contribution in [0.4, 0.5) is 0 Å². The van der Waals surface area contributed by atoms with E-state index in [4.69, 9.17) is 0 Å². The molecule has 0 aliphatic heterocycles. The van der Waals surface area contributed by atoms with E-state index in [0.29, 0.717) is 0 Å². The van der Waals surface area contributed by atoms with Crippen molar-refractivity contribution in [1.82, 2.24) is 0 Å². The fourth-order valence-electron chi connectivity index (χ4n) is 1.64. The summed E-state index contributed by atoms with van der Waals surface area (Å²) in [6.07, 6.45) is 1.80. The molecule has 1 unspecified atom stereocenters. The summed E-state index contributed by atoms with van der Waals surface area (Å²) in [6.45, 7) is 10.9. The van der Waals surface area contributed by atoms with Crippen LogP contribution >= 0.6 is 0 Å². The third-order valence-electron chi connectivity index (χ3n) is 2.61. The maximum absolute atomic E-state index is 10.4. The van der Waals surface area contributed by atoms with Crippen LogP contribution in [0.2, 0.25) is 0 Å². The molecule has 0 aromatic rings. The van der Waals surface area contributed by atoms with Gasteiger partial charge in [0, 0.05) is 38.1 Å². The van der Waals surface area contributed by atoms with E-state index < -0.39 is 5.60 Å². The Hall–Kier alpha value is 0.500. The molecule has 0 aromatic heterocycles. The summed E-state index contributed by atoms with van der Waals surface area (Å²) >= 11 is 0. The zero-order chi connectivity index (χ0) is 10.5. The Balaban J connectivity index is 0. The van der Waals surface area contributed by atoms with Crippen molar-refractivity contribution in [2.45, 2.75) is 53.1 Å². The summed E-state index contributed by atoms with van der Waals surface area (Å²) in [4.78, 5) is 4.30. The first-order chi connectivity index (χ1) is 5.99. The van der Waals surface area contributed by atoms with Gasteiger partial charge in [-0.3, -0.25) is 4.99 Å². The molecule has 0 aliphatic rings. The summed E-state index contributed by atoms with van der Waals surface area (Å²) in [5.74, 6) is 0.239. The van der Waals surface area contributed by atoms with Crippen LogP contribution in [0.15, 0.2) is 4.99 Å². The maximum Gasteiger partial charge on any atom is 0.104 e. The molecule has 0 fully saturated rings. The molecular weight excluding hydrogens is 207 g/mol. The Morgan fingerprint density at radius 2 is 1.86 bits per heavy atom. The van der Waals surface area contributed by atoms with E-state index in [1.807, 2.05) is 27.7 Å². The third kappa shape index (κ3) is 4.35. The summed E-state index contributed by atoms with van der Waals surface area (Å²) in [7, 11) is 0. The predicted molar refractivity (Wildman–Crippen MR) is 58.3 cm³/mol. The third-order valence-corrected chi connectivity index (χ3v) is 2.61. The van der Waals surface area contributed by atoms with Gasteiger partial charge in [-0.25, -0.2) is 0 Å². The van der Waals surface area contributed by atoms with Gasteiger partial charge in [0.05, 0.1) is 0 Å². The molecule has 1 atom stereocenters. The van der Waals surface area contributed by atoms with E-state index in [-0.39, 0.29) is 31.8 Å². The van der Waals surface area contributed by atoms with Crippen molar-refractivity contribution in [3.8, 4) is 0 Å². The Bertz CT molecular complexity index is 180. The summed E-state index contributed by atoms with van der Waals surface area (Å²) in [5, 5.41) is 10.4. The van der Waals surface area contributed by atoms with E-state index in [0.717, 1.165) is 25.1 Å². The molecule has 0 amide bonds. The van der Waals surface area contributed by atoms with E-state index in [1.54, 1.807) is 0 Å². The van der Waals surface area contributed by atoms with E-state index >= 15 is 0 Å². The first kappa shape index (κ1) is 16.9. The molecule has 0 saturated heterocycles. The van der Waals surface area contributed by atoms with Crippen LogP contribution in [-0.2, 0) is 25.8 Å². The van der Waals surface area contributed by atoms with Gasteiger partial charge in [-0.15, -0.1) is 0 Å². The van der Waals surface area contributed by atoms with Gasteiger partial charge in [0.2, 0.25) is 0 Å². The van der Waals surface area contributed by atoms with Gasteiger partial charge in [0.15, 0.2) is 0 Å². The zero-order valence-electron chi connectivity index (χ0n) is 10.2. The Labute approximate surface area is 107 Å². The van der Waals surface area contributed by atoms with Crippen LogP contribution in [-0.4, -0.2) is 23.0 Å². The predicted octanol–water partition coefficient (Wildman–Crippen LogP) is 2.65. The molecule has 0 heterocycles. The van der Waals surface area contributed by atoms with Crippen LogP contribution in [0.1, 0.15) is 47.5 Å². The molecule has 81 valence electrons. The Kier molecular flexibility index (Phi) is 9.36. The largest absolute Gasteiger partial charge is 0.384 e. The van der Waals surface area contributed by atoms with Crippen LogP contribution in [0.25, 0.3) is 0 Å². The van der Waals surface area contributed by atoms with Crippen LogP contribution in [0.5, 0.6) is 0 Å². The van der Waals surface area contributed by atoms with Crippen molar-refractivity contribution < 1.29 is 30.9 Å². The number of hydrogen-bond donors (Lipinski definition) is 1. The maximum atomic E-state index is 10.4. The average molecular weight is 230 g/mol. The summed E-state index contributed by atoms with van der Waals surface area (Å²) < 4.78 is 0. The smallest absolute Gasteiger partial charge is 0.104 e. The van der Waals surface area contributed by atoms with Gasteiger partial charge in [0.1, 0.15) is 5.60 Å². The SMILES string of the molecule is CCCC(O)(C(C)=NCC)C(C)C.[Sc]. The van der Waals surface area contributed by atoms with Gasteiger partial charge in [-0.2, -0.15) is 0 Å². The number of aliphatic hydroxyl groups is 1. The molecule has 1 radical (unpaired) electrons. The van der Waals surface area contributed by atoms with Gasteiger partial charge in [-0.05, 0) is 26.2 Å². The second-order valence-corrected chi connectivity index (χ2v) is 3.89. The Morgan fingerprint density at radius 3 is 2.14 bits per heavy atom. The molecule has 0 spiro atoms. The minimum absolute atomic E-state index is 0. The van der Waals surface area contributed by atoms with Crippen molar-refractivity contribution in [1.29, 1.82) is 0 Å². The molecule has 2 nitrogen and oxygen atoms in total. The van der Waals surface area contributed by atoms with Crippen molar-refractivity contribution in [2.75, 3.05) is 6.54 Å². The normalized spacial score (nSPS) is 16.4. The van der Waals surface area contributed by atoms with E-state index in [1.165, 1.54) is 0 Å². The molecular formula is C11H23NOSc. The molecule has 14 heavy (non-hydrogen) atoms. The number of hydrogen-bond acceptors (Lipinski definition) is 2. The summed E-state index contributed by atoms with van der Waals surface area (Å²) in [6, 6.07) is 0. The minimum atomic E-state index is -0.690. The topological polar surface area (TPSA) is 32.6 Å². The Morgan fingerprint density at radius 1 is 1.36 bits per heavy atom. The fourth-order valence-corrected chi connectivity index (χ4v) is 1.64. The second kappa shape index (κ2) is 7.75. The van der Waals surface area contributed by atoms with Crippen LogP contribution in [0.3, 0.4) is 0 Å². The van der Waals surface area contributed by atoms with E-state index in [2.05, 4.69) is 11.9 Å². The zero-order valence-corrected chi connectivity index (χ0v) is 12.0. The van der Waals surface area contributed by atoms with E-state index in [9.17, 15) is 5.11 Å². The van der Waals surface area contributed by atoms with Crippen molar-refractivity contribution >= 4 is 5.71 Å². The standard InChI is InChI=1S/C11H23NO.Sc/c1-6-8-11(13,9(3)4)10(5)12-7-2;/h9,13H,6-8H2,1-5H3;. The van der Waals surface area contributed by atoms with Gasteiger partial charge in [-0.1, -0.05) is 27.2 Å². The molecule has 0 aliphatic carbocycles. The van der Waals surface area contributed by atoms with Crippen LogP contribution < -0.4 is 0 Å². The molecule has 3 heteroatoms. The molecule has 1 N–H and O–H groups in total. The summed E-state index contributed by atoms with van der Waals surface area (Å²) in [5.41, 5.74) is 0.192. The molecule has 0 aromatic carbocycles. The fraction of sp³-hybridized carbons (Fsp3) is 0.909. The number of aliphatic imine (C=N–C) groups is 1. The first-order valence-corrected chi connectivity index (χ1v) is 5.22. The van der Waals surface area contributed by atoms with Crippen molar-refractivity contribution in [3.05, 3.63) is 0 Å². The first-order valence-electron chi connectivity index (χ1n) is 5.22. The second-order valence-electron chi connectivity index (χ2n) is 3.89. The molecule has 0 rings (SSSR count). The quantitative estimate of drug-likeness (QED) is 0.723. The number of nitrogens with zero attached hydrogens (tertiary/aromatic N) is 1. The van der Waals surface area contributed by atoms with Crippen molar-refractivity contribution in [2.24, 2.45) is 10.9 Å². The van der Waals surface area contributed by atoms with Crippen LogP contribution in [0, 0.1) is 5.92 Å². The van der Waals surface area contributed by atoms with Crippen molar-refractivity contribution in [3.63, 3.8) is 0 Å². The minimum Gasteiger partial charge on any atom is -0.384 e. The monoisotopic (exact) mass is 230 g/mol.